The molecule has 0 aliphatic rings. The molecule has 0 bridgehead atoms. The van der Waals surface area contributed by atoms with E-state index in [0.29, 0.717) is 11.4 Å². The van der Waals surface area contributed by atoms with Crippen LogP contribution in [0.4, 0.5) is 0 Å². The van der Waals surface area contributed by atoms with Crippen LogP contribution >= 0.6 is 11.6 Å². The zero-order valence-corrected chi connectivity index (χ0v) is 9.84. The summed E-state index contributed by atoms with van der Waals surface area (Å²) in [6.07, 6.45) is 1.29. The molecule has 0 radical (unpaired) electrons. The van der Waals surface area contributed by atoms with Gasteiger partial charge in [0.05, 0.1) is 6.42 Å². The summed E-state index contributed by atoms with van der Waals surface area (Å²) in [4.78, 5) is 11.6. The predicted molar refractivity (Wildman–Crippen MR) is 63.1 cm³/mol. The Balaban J connectivity index is 2.55. The summed E-state index contributed by atoms with van der Waals surface area (Å²) in [6.45, 7) is 4.03. The summed E-state index contributed by atoms with van der Waals surface area (Å²) in [7, 11) is 0. The van der Waals surface area contributed by atoms with Crippen molar-refractivity contribution in [1.82, 2.24) is 5.32 Å². The standard InChI is InChI=1S/C12H16ClNO/c1-3-9(2)14-12(15)8-10-6-4-5-7-11(10)13/h4-7,9H,3,8H2,1-2H3,(H,14,15). The molecule has 15 heavy (non-hydrogen) atoms. The van der Waals surface area contributed by atoms with Crippen molar-refractivity contribution in [3.8, 4) is 0 Å². The first-order valence-corrected chi connectivity index (χ1v) is 5.54. The molecule has 0 fully saturated rings. The van der Waals surface area contributed by atoms with Gasteiger partial charge in [-0.1, -0.05) is 36.7 Å². The van der Waals surface area contributed by atoms with E-state index in [0.717, 1.165) is 12.0 Å². The van der Waals surface area contributed by atoms with Crippen LogP contribution in [0.3, 0.4) is 0 Å². The number of hydrogen-bond donors (Lipinski definition) is 1. The zero-order valence-electron chi connectivity index (χ0n) is 9.09. The molecule has 1 rings (SSSR count). The predicted octanol–water partition coefficient (Wildman–Crippen LogP) is 2.80. The van der Waals surface area contributed by atoms with E-state index in [4.69, 9.17) is 11.6 Å². The van der Waals surface area contributed by atoms with E-state index in [2.05, 4.69) is 5.32 Å². The van der Waals surface area contributed by atoms with Gasteiger partial charge in [-0.05, 0) is 25.0 Å². The van der Waals surface area contributed by atoms with Crippen molar-refractivity contribution in [3.63, 3.8) is 0 Å². The highest BCUT2D eigenvalue weighted by molar-refractivity contribution is 6.31. The molecule has 0 aliphatic carbocycles. The van der Waals surface area contributed by atoms with E-state index in [1.807, 2.05) is 32.0 Å². The van der Waals surface area contributed by atoms with Gasteiger partial charge in [0.25, 0.3) is 0 Å². The van der Waals surface area contributed by atoms with Gasteiger partial charge in [-0.2, -0.15) is 0 Å². The highest BCUT2D eigenvalue weighted by Crippen LogP contribution is 2.15. The average Bonchev–Trinajstić information content (AvgIpc) is 2.21. The molecular formula is C12H16ClNO. The van der Waals surface area contributed by atoms with Crippen LogP contribution in [0, 0.1) is 0 Å². The Morgan fingerprint density at radius 3 is 2.73 bits per heavy atom. The number of amides is 1. The van der Waals surface area contributed by atoms with Crippen LogP contribution in [-0.2, 0) is 11.2 Å². The minimum Gasteiger partial charge on any atom is -0.353 e. The van der Waals surface area contributed by atoms with Crippen LogP contribution in [0.1, 0.15) is 25.8 Å². The second kappa shape index (κ2) is 5.76. The van der Waals surface area contributed by atoms with Crippen molar-refractivity contribution in [1.29, 1.82) is 0 Å². The lowest BCUT2D eigenvalue weighted by atomic mass is 10.1. The highest BCUT2D eigenvalue weighted by atomic mass is 35.5. The third-order valence-corrected chi connectivity index (χ3v) is 2.70. The molecule has 0 heterocycles. The Kier molecular flexibility index (Phi) is 4.63. The number of hydrogen-bond acceptors (Lipinski definition) is 1. The largest absolute Gasteiger partial charge is 0.353 e. The average molecular weight is 226 g/mol. The summed E-state index contributed by atoms with van der Waals surface area (Å²) < 4.78 is 0. The van der Waals surface area contributed by atoms with Gasteiger partial charge in [0.1, 0.15) is 0 Å². The first-order valence-electron chi connectivity index (χ1n) is 5.16. The van der Waals surface area contributed by atoms with E-state index >= 15 is 0 Å². The van der Waals surface area contributed by atoms with Gasteiger partial charge in [-0.25, -0.2) is 0 Å². The molecule has 0 spiro atoms. The number of benzene rings is 1. The van der Waals surface area contributed by atoms with Crippen LogP contribution < -0.4 is 5.32 Å². The number of carbonyl (C=O) groups excluding carboxylic acids is 1. The molecular weight excluding hydrogens is 210 g/mol. The molecule has 1 aromatic carbocycles. The minimum absolute atomic E-state index is 0.0254. The zero-order chi connectivity index (χ0) is 11.3. The summed E-state index contributed by atoms with van der Waals surface area (Å²) in [6, 6.07) is 7.64. The number of halogens is 1. The maximum absolute atomic E-state index is 11.6. The molecule has 2 nitrogen and oxygen atoms in total. The maximum Gasteiger partial charge on any atom is 0.224 e. The minimum atomic E-state index is 0.0254. The molecule has 82 valence electrons. The molecule has 1 unspecified atom stereocenters. The Morgan fingerprint density at radius 1 is 1.47 bits per heavy atom. The van der Waals surface area contributed by atoms with Crippen molar-refractivity contribution in [2.45, 2.75) is 32.7 Å². The second-order valence-corrected chi connectivity index (χ2v) is 4.05. The SMILES string of the molecule is CCC(C)NC(=O)Cc1ccccc1Cl. The molecule has 1 amide bonds. The Hall–Kier alpha value is -1.02. The highest BCUT2D eigenvalue weighted by Gasteiger charge is 2.08. The molecule has 1 atom stereocenters. The van der Waals surface area contributed by atoms with Gasteiger partial charge in [-0.15, -0.1) is 0 Å². The van der Waals surface area contributed by atoms with E-state index in [1.165, 1.54) is 0 Å². The van der Waals surface area contributed by atoms with E-state index in [9.17, 15) is 4.79 Å². The van der Waals surface area contributed by atoms with E-state index in [-0.39, 0.29) is 11.9 Å². The fourth-order valence-corrected chi connectivity index (χ4v) is 1.45. The van der Waals surface area contributed by atoms with Crippen LogP contribution in [0.2, 0.25) is 5.02 Å². The number of nitrogens with one attached hydrogen (secondary N) is 1. The quantitative estimate of drug-likeness (QED) is 0.839. The topological polar surface area (TPSA) is 29.1 Å². The summed E-state index contributed by atoms with van der Waals surface area (Å²) in [5.41, 5.74) is 0.875. The Labute approximate surface area is 95.6 Å². The molecule has 1 aromatic rings. The van der Waals surface area contributed by atoms with Crippen molar-refractivity contribution >= 4 is 17.5 Å². The van der Waals surface area contributed by atoms with Gasteiger partial charge < -0.3 is 5.32 Å². The monoisotopic (exact) mass is 225 g/mol. The lowest BCUT2D eigenvalue weighted by Gasteiger charge is -2.11. The molecule has 0 saturated heterocycles. The first kappa shape index (κ1) is 12.1. The normalized spacial score (nSPS) is 12.2. The van der Waals surface area contributed by atoms with Gasteiger partial charge in [0.2, 0.25) is 5.91 Å². The maximum atomic E-state index is 11.6. The summed E-state index contributed by atoms with van der Waals surface area (Å²) in [5.74, 6) is 0.0254. The summed E-state index contributed by atoms with van der Waals surface area (Å²) in [5, 5.41) is 3.56. The van der Waals surface area contributed by atoms with Gasteiger partial charge in [0.15, 0.2) is 0 Å². The second-order valence-electron chi connectivity index (χ2n) is 3.64. The van der Waals surface area contributed by atoms with Crippen LogP contribution in [-0.4, -0.2) is 11.9 Å². The van der Waals surface area contributed by atoms with Crippen molar-refractivity contribution in [2.75, 3.05) is 0 Å². The fraction of sp³-hybridized carbons (Fsp3) is 0.417. The van der Waals surface area contributed by atoms with Crippen molar-refractivity contribution < 1.29 is 4.79 Å². The number of carbonyl (C=O) groups is 1. The lowest BCUT2D eigenvalue weighted by molar-refractivity contribution is -0.121. The van der Waals surface area contributed by atoms with Crippen molar-refractivity contribution in [2.24, 2.45) is 0 Å². The molecule has 0 aromatic heterocycles. The summed E-state index contributed by atoms with van der Waals surface area (Å²) >= 11 is 5.96. The van der Waals surface area contributed by atoms with Gasteiger partial charge >= 0.3 is 0 Å². The van der Waals surface area contributed by atoms with E-state index < -0.39 is 0 Å². The number of rotatable bonds is 4. The van der Waals surface area contributed by atoms with E-state index in [1.54, 1.807) is 6.07 Å². The Morgan fingerprint density at radius 2 is 2.13 bits per heavy atom. The third kappa shape index (κ3) is 3.92. The molecule has 1 N–H and O–H groups in total. The molecule has 0 aliphatic heterocycles. The molecule has 3 heteroatoms. The van der Waals surface area contributed by atoms with Crippen LogP contribution in [0.25, 0.3) is 0 Å². The third-order valence-electron chi connectivity index (χ3n) is 2.33. The van der Waals surface area contributed by atoms with Crippen LogP contribution in [0.15, 0.2) is 24.3 Å². The first-order chi connectivity index (χ1) is 7.13. The molecule has 0 saturated carbocycles. The lowest BCUT2D eigenvalue weighted by Crippen LogP contribution is -2.33. The van der Waals surface area contributed by atoms with Crippen LogP contribution in [0.5, 0.6) is 0 Å². The van der Waals surface area contributed by atoms with Gasteiger partial charge in [0, 0.05) is 11.1 Å². The van der Waals surface area contributed by atoms with Gasteiger partial charge in [-0.3, -0.25) is 4.79 Å². The fourth-order valence-electron chi connectivity index (χ4n) is 1.24. The Bertz CT molecular complexity index is 338. The van der Waals surface area contributed by atoms with Crippen molar-refractivity contribution in [3.05, 3.63) is 34.9 Å². The smallest absolute Gasteiger partial charge is 0.224 e.